The Morgan fingerprint density at radius 2 is 2.04 bits per heavy atom. The summed E-state index contributed by atoms with van der Waals surface area (Å²) in [5.41, 5.74) is 12.7. The van der Waals surface area contributed by atoms with Crippen LogP contribution < -0.4 is 21.9 Å². The molecule has 0 aliphatic carbocycles. The summed E-state index contributed by atoms with van der Waals surface area (Å²) < 4.78 is 5.56. The highest BCUT2D eigenvalue weighted by atomic mass is 16.5. The molecule has 2 heterocycles. The van der Waals surface area contributed by atoms with Crippen LogP contribution in [0.15, 0.2) is 36.7 Å². The Morgan fingerprint density at radius 3 is 2.80 bits per heavy atom. The summed E-state index contributed by atoms with van der Waals surface area (Å²) in [5, 5.41) is 3.17. The molecule has 25 heavy (non-hydrogen) atoms. The molecule has 3 rings (SSSR count). The third-order valence-electron chi connectivity index (χ3n) is 3.93. The Morgan fingerprint density at radius 1 is 1.24 bits per heavy atom. The average molecular weight is 342 g/mol. The molecule has 1 fully saturated rings. The second-order valence-corrected chi connectivity index (χ2v) is 5.84. The van der Waals surface area contributed by atoms with Crippen molar-refractivity contribution in [1.29, 1.82) is 0 Å². The Bertz CT molecular complexity index is 704. The van der Waals surface area contributed by atoms with Crippen molar-refractivity contribution in [2.45, 2.75) is 25.4 Å². The van der Waals surface area contributed by atoms with Gasteiger partial charge in [-0.15, -0.1) is 0 Å². The maximum Gasteiger partial charge on any atom is 0.242 e. The van der Waals surface area contributed by atoms with E-state index in [1.807, 2.05) is 30.3 Å². The van der Waals surface area contributed by atoms with E-state index in [1.54, 1.807) is 0 Å². The van der Waals surface area contributed by atoms with Gasteiger partial charge in [0.15, 0.2) is 11.6 Å². The molecule has 1 saturated heterocycles. The normalized spacial score (nSPS) is 16.4. The number of ether oxygens (including phenoxy) is 1. The highest BCUT2D eigenvalue weighted by Crippen LogP contribution is 2.22. The van der Waals surface area contributed by atoms with Gasteiger partial charge in [0.1, 0.15) is 12.0 Å². The van der Waals surface area contributed by atoms with E-state index >= 15 is 0 Å². The quantitative estimate of drug-likeness (QED) is 0.561. The first-order chi connectivity index (χ1) is 12.2. The lowest BCUT2D eigenvalue weighted by Crippen LogP contribution is -2.31. The summed E-state index contributed by atoms with van der Waals surface area (Å²) in [6.45, 7) is 1.44. The van der Waals surface area contributed by atoms with E-state index in [0.29, 0.717) is 23.9 Å². The number of amides is 1. The molecule has 1 amide bonds. The first-order valence-electron chi connectivity index (χ1n) is 8.27. The lowest BCUT2D eigenvalue weighted by Gasteiger charge is -2.15. The standard InChI is InChI=1S/C17H22N6O2/c18-15-16(19-10-13-7-4-8-25-13)20-11-21-17(15)23-22-14(24)9-12-5-2-1-3-6-12/h1-3,5-6,11,13H,4,7-10,18H2,(H,22,24)(H2,19,20,21,23). The summed E-state index contributed by atoms with van der Waals surface area (Å²) in [5.74, 6) is 0.689. The molecule has 2 aromatic rings. The number of nitrogens with one attached hydrogen (secondary N) is 3. The number of hydrazine groups is 1. The van der Waals surface area contributed by atoms with Gasteiger partial charge < -0.3 is 15.8 Å². The number of nitrogen functional groups attached to an aromatic ring is 1. The SMILES string of the molecule is Nc1c(NCC2CCCO2)ncnc1NNC(=O)Cc1ccccc1. The first-order valence-corrected chi connectivity index (χ1v) is 8.27. The molecule has 132 valence electrons. The van der Waals surface area contributed by atoms with Crippen LogP contribution in [0.1, 0.15) is 18.4 Å². The number of nitrogens with two attached hydrogens (primary N) is 1. The molecule has 1 unspecified atom stereocenters. The highest BCUT2D eigenvalue weighted by molar-refractivity contribution is 5.81. The van der Waals surface area contributed by atoms with Crippen molar-refractivity contribution < 1.29 is 9.53 Å². The molecule has 1 aliphatic heterocycles. The maximum atomic E-state index is 12.0. The highest BCUT2D eigenvalue weighted by Gasteiger charge is 2.16. The number of rotatable bonds is 7. The fourth-order valence-corrected chi connectivity index (χ4v) is 2.61. The van der Waals surface area contributed by atoms with Gasteiger partial charge in [0, 0.05) is 13.2 Å². The maximum absolute atomic E-state index is 12.0. The van der Waals surface area contributed by atoms with Gasteiger partial charge >= 0.3 is 0 Å². The summed E-state index contributed by atoms with van der Waals surface area (Å²) >= 11 is 0. The number of nitrogens with zero attached hydrogens (tertiary/aromatic N) is 2. The second kappa shape index (κ2) is 8.29. The zero-order valence-electron chi connectivity index (χ0n) is 13.9. The predicted molar refractivity (Wildman–Crippen MR) is 95.8 cm³/mol. The lowest BCUT2D eigenvalue weighted by atomic mass is 10.1. The minimum atomic E-state index is -0.182. The molecule has 1 aromatic heterocycles. The van der Waals surface area contributed by atoms with Crippen molar-refractivity contribution in [3.8, 4) is 0 Å². The van der Waals surface area contributed by atoms with E-state index < -0.39 is 0 Å². The van der Waals surface area contributed by atoms with Crippen molar-refractivity contribution in [2.24, 2.45) is 0 Å². The average Bonchev–Trinajstić information content (AvgIpc) is 3.14. The number of benzene rings is 1. The number of carbonyl (C=O) groups is 1. The van der Waals surface area contributed by atoms with E-state index in [9.17, 15) is 4.79 Å². The Balaban J connectivity index is 1.53. The third kappa shape index (κ3) is 4.80. The van der Waals surface area contributed by atoms with Crippen molar-refractivity contribution in [1.82, 2.24) is 15.4 Å². The fraction of sp³-hybridized carbons (Fsp3) is 0.353. The lowest BCUT2D eigenvalue weighted by molar-refractivity contribution is -0.119. The van der Waals surface area contributed by atoms with Crippen LogP contribution in [0.2, 0.25) is 0 Å². The third-order valence-corrected chi connectivity index (χ3v) is 3.93. The van der Waals surface area contributed by atoms with Gasteiger partial charge in [-0.1, -0.05) is 30.3 Å². The topological polar surface area (TPSA) is 114 Å². The summed E-state index contributed by atoms with van der Waals surface area (Å²) in [6.07, 6.45) is 3.93. The van der Waals surface area contributed by atoms with E-state index in [2.05, 4.69) is 26.1 Å². The molecule has 1 atom stereocenters. The van der Waals surface area contributed by atoms with E-state index in [4.69, 9.17) is 10.5 Å². The predicted octanol–water partition coefficient (Wildman–Crippen LogP) is 1.34. The van der Waals surface area contributed by atoms with Crippen LogP contribution in [0, 0.1) is 0 Å². The number of hydrogen-bond donors (Lipinski definition) is 4. The molecule has 1 aromatic carbocycles. The monoisotopic (exact) mass is 342 g/mol. The molecule has 5 N–H and O–H groups in total. The molecule has 0 spiro atoms. The van der Waals surface area contributed by atoms with Gasteiger partial charge in [-0.2, -0.15) is 0 Å². The largest absolute Gasteiger partial charge is 0.393 e. The van der Waals surface area contributed by atoms with Gasteiger partial charge in [-0.25, -0.2) is 9.97 Å². The van der Waals surface area contributed by atoms with E-state index in [-0.39, 0.29) is 18.4 Å². The van der Waals surface area contributed by atoms with E-state index in [0.717, 1.165) is 25.0 Å². The molecule has 0 saturated carbocycles. The molecule has 8 heteroatoms. The van der Waals surface area contributed by atoms with Crippen LogP contribution in [-0.4, -0.2) is 35.1 Å². The van der Waals surface area contributed by atoms with Gasteiger partial charge in [0.25, 0.3) is 0 Å². The minimum absolute atomic E-state index is 0.177. The number of aromatic nitrogens is 2. The van der Waals surface area contributed by atoms with Crippen LogP contribution in [0.3, 0.4) is 0 Å². The van der Waals surface area contributed by atoms with Crippen LogP contribution >= 0.6 is 0 Å². The van der Waals surface area contributed by atoms with Gasteiger partial charge in [0.05, 0.1) is 12.5 Å². The number of anilines is 3. The first kappa shape index (κ1) is 17.0. The molecule has 1 aliphatic rings. The smallest absolute Gasteiger partial charge is 0.242 e. The number of carbonyl (C=O) groups excluding carboxylic acids is 1. The molecule has 0 radical (unpaired) electrons. The zero-order valence-corrected chi connectivity index (χ0v) is 13.9. The van der Waals surface area contributed by atoms with Crippen molar-refractivity contribution >= 4 is 23.2 Å². The Labute approximate surface area is 146 Å². The molecule has 0 bridgehead atoms. The number of hydrogen-bond acceptors (Lipinski definition) is 7. The van der Waals surface area contributed by atoms with Crippen molar-refractivity contribution in [2.75, 3.05) is 29.6 Å². The molecular formula is C17H22N6O2. The van der Waals surface area contributed by atoms with Crippen LogP contribution in [0.5, 0.6) is 0 Å². The van der Waals surface area contributed by atoms with Crippen molar-refractivity contribution in [3.63, 3.8) is 0 Å². The Hall–Kier alpha value is -2.87. The zero-order chi connectivity index (χ0) is 17.5. The minimum Gasteiger partial charge on any atom is -0.393 e. The second-order valence-electron chi connectivity index (χ2n) is 5.84. The van der Waals surface area contributed by atoms with Gasteiger partial charge in [-0.3, -0.25) is 15.6 Å². The van der Waals surface area contributed by atoms with Crippen LogP contribution in [0.25, 0.3) is 0 Å². The Kier molecular flexibility index (Phi) is 5.63. The van der Waals surface area contributed by atoms with Crippen molar-refractivity contribution in [3.05, 3.63) is 42.2 Å². The summed E-state index contributed by atoms with van der Waals surface area (Å²) in [4.78, 5) is 20.2. The summed E-state index contributed by atoms with van der Waals surface area (Å²) in [6, 6.07) is 9.48. The van der Waals surface area contributed by atoms with Crippen LogP contribution in [-0.2, 0) is 16.0 Å². The summed E-state index contributed by atoms with van der Waals surface area (Å²) in [7, 11) is 0. The van der Waals surface area contributed by atoms with Gasteiger partial charge in [0.2, 0.25) is 5.91 Å². The van der Waals surface area contributed by atoms with Crippen LogP contribution in [0.4, 0.5) is 17.3 Å². The van der Waals surface area contributed by atoms with Gasteiger partial charge in [-0.05, 0) is 18.4 Å². The molecule has 8 nitrogen and oxygen atoms in total. The molecular weight excluding hydrogens is 320 g/mol. The fourth-order valence-electron chi connectivity index (χ4n) is 2.61. The van der Waals surface area contributed by atoms with E-state index in [1.165, 1.54) is 6.33 Å².